The van der Waals surface area contributed by atoms with Crippen molar-refractivity contribution in [3.63, 3.8) is 0 Å². The molecular formula is C14H26O. The van der Waals surface area contributed by atoms with Gasteiger partial charge in [0.2, 0.25) is 0 Å². The van der Waals surface area contributed by atoms with Crippen molar-refractivity contribution in [2.45, 2.75) is 77.6 Å². The van der Waals surface area contributed by atoms with E-state index in [4.69, 9.17) is 0 Å². The number of rotatable bonds is 8. The second kappa shape index (κ2) is 7.90. The molecule has 0 aromatic carbocycles. The van der Waals surface area contributed by atoms with Crippen molar-refractivity contribution >= 4 is 5.78 Å². The minimum absolute atomic E-state index is 0.445. The third kappa shape index (κ3) is 5.34. The summed E-state index contributed by atoms with van der Waals surface area (Å²) in [5.74, 6) is 0.988. The van der Waals surface area contributed by atoms with Crippen LogP contribution in [0.5, 0.6) is 0 Å². The summed E-state index contributed by atoms with van der Waals surface area (Å²) in [7, 11) is 0. The number of Topliss-reactive ketones (excluding diaryl/α,β-unsaturated/α-hetero) is 1. The molecule has 1 atom stereocenters. The van der Waals surface area contributed by atoms with Gasteiger partial charge in [0.25, 0.3) is 0 Å². The van der Waals surface area contributed by atoms with E-state index in [-0.39, 0.29) is 0 Å². The van der Waals surface area contributed by atoms with E-state index in [1.165, 1.54) is 57.8 Å². The van der Waals surface area contributed by atoms with E-state index in [1.54, 1.807) is 0 Å². The molecule has 1 rings (SSSR count). The van der Waals surface area contributed by atoms with Crippen molar-refractivity contribution in [3.05, 3.63) is 0 Å². The molecule has 88 valence electrons. The van der Waals surface area contributed by atoms with Gasteiger partial charge in [-0.15, -0.1) is 0 Å². The molecule has 15 heavy (non-hydrogen) atoms. The van der Waals surface area contributed by atoms with Gasteiger partial charge in [0.1, 0.15) is 5.78 Å². The van der Waals surface area contributed by atoms with Gasteiger partial charge >= 0.3 is 0 Å². The summed E-state index contributed by atoms with van der Waals surface area (Å²) in [5, 5.41) is 0. The van der Waals surface area contributed by atoms with Crippen molar-refractivity contribution in [2.75, 3.05) is 0 Å². The molecule has 1 aliphatic rings. The van der Waals surface area contributed by atoms with Crippen LogP contribution in [0.25, 0.3) is 0 Å². The molecule has 1 heteroatoms. The third-order valence-electron chi connectivity index (χ3n) is 3.59. The molecule has 1 unspecified atom stereocenters. The summed E-state index contributed by atoms with van der Waals surface area (Å²) in [6.45, 7) is 2.26. The minimum atomic E-state index is 0.445. The second-order valence-electron chi connectivity index (χ2n) is 4.97. The molecule has 0 radical (unpaired) electrons. The smallest absolute Gasteiger partial charge is 0.135 e. The Kier molecular flexibility index (Phi) is 6.71. The van der Waals surface area contributed by atoms with E-state index in [0.717, 1.165) is 12.8 Å². The van der Waals surface area contributed by atoms with Crippen molar-refractivity contribution < 1.29 is 4.79 Å². The second-order valence-corrected chi connectivity index (χ2v) is 4.97. The number of carbonyl (C=O) groups excluding carboxylic acids is 1. The van der Waals surface area contributed by atoms with E-state index < -0.39 is 0 Å². The van der Waals surface area contributed by atoms with E-state index in [2.05, 4.69) is 6.92 Å². The predicted octanol–water partition coefficient (Wildman–Crippen LogP) is 4.50. The number of ketones is 1. The lowest BCUT2D eigenvalue weighted by molar-refractivity contribution is -0.120. The molecule has 0 amide bonds. The van der Waals surface area contributed by atoms with Crippen LogP contribution < -0.4 is 0 Å². The molecular weight excluding hydrogens is 184 g/mol. The minimum Gasteiger partial charge on any atom is -0.299 e. The average molecular weight is 210 g/mol. The van der Waals surface area contributed by atoms with Gasteiger partial charge in [-0.1, -0.05) is 51.9 Å². The van der Waals surface area contributed by atoms with E-state index in [1.807, 2.05) is 0 Å². The zero-order chi connectivity index (χ0) is 10.9. The topological polar surface area (TPSA) is 17.1 Å². The molecule has 0 aromatic heterocycles. The summed E-state index contributed by atoms with van der Waals surface area (Å²) in [6.07, 6.45) is 13.9. The monoisotopic (exact) mass is 210 g/mol. The summed E-state index contributed by atoms with van der Waals surface area (Å²) in [5.41, 5.74) is 0. The maximum atomic E-state index is 11.4. The van der Waals surface area contributed by atoms with Crippen LogP contribution in [0.2, 0.25) is 0 Å². The number of hydrogen-bond acceptors (Lipinski definition) is 1. The molecule has 0 heterocycles. The van der Waals surface area contributed by atoms with Crippen LogP contribution >= 0.6 is 0 Å². The third-order valence-corrected chi connectivity index (χ3v) is 3.59. The number of carbonyl (C=O) groups is 1. The van der Waals surface area contributed by atoms with Gasteiger partial charge in [-0.25, -0.2) is 0 Å². The summed E-state index contributed by atoms with van der Waals surface area (Å²) in [6, 6.07) is 0. The molecule has 0 N–H and O–H groups in total. The first-order valence-corrected chi connectivity index (χ1v) is 6.87. The zero-order valence-corrected chi connectivity index (χ0v) is 10.3. The predicted molar refractivity (Wildman–Crippen MR) is 65.0 cm³/mol. The molecule has 0 aliphatic heterocycles. The van der Waals surface area contributed by atoms with E-state index in [9.17, 15) is 4.79 Å². The van der Waals surface area contributed by atoms with Crippen molar-refractivity contribution in [1.82, 2.24) is 0 Å². The van der Waals surface area contributed by atoms with Gasteiger partial charge in [0, 0.05) is 12.3 Å². The van der Waals surface area contributed by atoms with Crippen LogP contribution in [0.3, 0.4) is 0 Å². The van der Waals surface area contributed by atoms with E-state index in [0.29, 0.717) is 11.7 Å². The normalized spacial score (nSPS) is 21.1. The fourth-order valence-electron chi connectivity index (χ4n) is 2.54. The van der Waals surface area contributed by atoms with E-state index >= 15 is 0 Å². The Labute approximate surface area is 94.6 Å². The average Bonchev–Trinajstić information content (AvgIpc) is 2.63. The van der Waals surface area contributed by atoms with Crippen LogP contribution in [-0.2, 0) is 4.79 Å². The van der Waals surface area contributed by atoms with Crippen LogP contribution in [0.1, 0.15) is 77.6 Å². The van der Waals surface area contributed by atoms with Crippen LogP contribution in [0.15, 0.2) is 0 Å². The Balaban J connectivity index is 1.86. The van der Waals surface area contributed by atoms with Gasteiger partial charge in [-0.2, -0.15) is 0 Å². The first-order chi connectivity index (χ1) is 7.34. The SMILES string of the molecule is CCCCCCCCCC1CCCC1=O. The zero-order valence-electron chi connectivity index (χ0n) is 10.3. The first-order valence-electron chi connectivity index (χ1n) is 6.87. The highest BCUT2D eigenvalue weighted by Gasteiger charge is 2.23. The molecule has 1 nitrogen and oxygen atoms in total. The maximum absolute atomic E-state index is 11.4. The molecule has 0 aromatic rings. The van der Waals surface area contributed by atoms with Crippen molar-refractivity contribution in [1.29, 1.82) is 0 Å². The highest BCUT2D eigenvalue weighted by Crippen LogP contribution is 2.26. The largest absolute Gasteiger partial charge is 0.299 e. The highest BCUT2D eigenvalue weighted by atomic mass is 16.1. The highest BCUT2D eigenvalue weighted by molar-refractivity contribution is 5.82. The van der Waals surface area contributed by atoms with Crippen LogP contribution in [0.4, 0.5) is 0 Å². The Morgan fingerprint density at radius 2 is 1.73 bits per heavy atom. The van der Waals surface area contributed by atoms with Gasteiger partial charge < -0.3 is 0 Å². The molecule has 0 bridgehead atoms. The van der Waals surface area contributed by atoms with Gasteiger partial charge in [0.15, 0.2) is 0 Å². The summed E-state index contributed by atoms with van der Waals surface area (Å²) in [4.78, 5) is 11.4. The quantitative estimate of drug-likeness (QED) is 0.539. The fraction of sp³-hybridized carbons (Fsp3) is 0.929. The Morgan fingerprint density at radius 3 is 2.33 bits per heavy atom. The lowest BCUT2D eigenvalue weighted by Gasteiger charge is -2.06. The number of hydrogen-bond donors (Lipinski definition) is 0. The first kappa shape index (κ1) is 12.7. The van der Waals surface area contributed by atoms with Gasteiger partial charge in [-0.05, 0) is 19.3 Å². The lowest BCUT2D eigenvalue weighted by atomic mass is 9.98. The van der Waals surface area contributed by atoms with Gasteiger partial charge in [0.05, 0.1) is 0 Å². The van der Waals surface area contributed by atoms with Crippen LogP contribution in [-0.4, -0.2) is 5.78 Å². The molecule has 1 saturated carbocycles. The fourth-order valence-corrected chi connectivity index (χ4v) is 2.54. The van der Waals surface area contributed by atoms with Crippen molar-refractivity contribution in [2.24, 2.45) is 5.92 Å². The molecule has 0 saturated heterocycles. The maximum Gasteiger partial charge on any atom is 0.135 e. The van der Waals surface area contributed by atoms with Gasteiger partial charge in [-0.3, -0.25) is 4.79 Å². The molecule has 0 spiro atoms. The summed E-state index contributed by atoms with van der Waals surface area (Å²) >= 11 is 0. The van der Waals surface area contributed by atoms with Crippen molar-refractivity contribution in [3.8, 4) is 0 Å². The standard InChI is InChI=1S/C14H26O/c1-2-3-4-5-6-7-8-10-13-11-9-12-14(13)15/h13H,2-12H2,1H3. The Morgan fingerprint density at radius 1 is 1.07 bits per heavy atom. The Bertz CT molecular complexity index is 174. The summed E-state index contributed by atoms with van der Waals surface area (Å²) < 4.78 is 0. The number of unbranched alkanes of at least 4 members (excludes halogenated alkanes) is 6. The molecule has 1 aliphatic carbocycles. The lowest BCUT2D eigenvalue weighted by Crippen LogP contribution is -2.05. The van der Waals surface area contributed by atoms with Crippen LogP contribution in [0, 0.1) is 5.92 Å². The Hall–Kier alpha value is -0.330. The molecule has 1 fully saturated rings.